The lowest BCUT2D eigenvalue weighted by Crippen LogP contribution is -2.29. The van der Waals surface area contributed by atoms with Gasteiger partial charge in [0, 0.05) is 0 Å². The minimum atomic E-state index is -0.0434. The fourth-order valence-electron chi connectivity index (χ4n) is 1.89. The highest BCUT2D eigenvalue weighted by atomic mass is 32.2. The maximum atomic E-state index is 11.0. The molecule has 0 amide bonds. The summed E-state index contributed by atoms with van der Waals surface area (Å²) in [4.78, 5) is 11.0. The first-order chi connectivity index (χ1) is 5.47. The van der Waals surface area contributed by atoms with Gasteiger partial charge in [-0.1, -0.05) is 20.8 Å². The van der Waals surface area contributed by atoms with E-state index in [0.717, 1.165) is 18.6 Å². The molecule has 1 rings (SSSR count). The van der Waals surface area contributed by atoms with Gasteiger partial charge in [0.15, 0.2) is 0 Å². The average Bonchev–Trinajstić information content (AvgIpc) is 2.34. The maximum absolute atomic E-state index is 11.0. The van der Waals surface area contributed by atoms with Crippen LogP contribution in [0.2, 0.25) is 0 Å². The Balaban J connectivity index is 2.62. The lowest BCUT2D eigenvalue weighted by Gasteiger charge is -2.29. The van der Waals surface area contributed by atoms with Gasteiger partial charge in [0.2, 0.25) is 0 Å². The summed E-state index contributed by atoms with van der Waals surface area (Å²) in [5.41, 5.74) is 0.276. The normalized spacial score (nSPS) is 30.6. The smallest absolute Gasteiger partial charge is 0.136 e. The van der Waals surface area contributed by atoms with Crippen molar-refractivity contribution in [2.24, 2.45) is 5.41 Å². The van der Waals surface area contributed by atoms with Crippen molar-refractivity contribution in [3.05, 3.63) is 0 Å². The van der Waals surface area contributed by atoms with Gasteiger partial charge in [-0.3, -0.25) is 0 Å². The summed E-state index contributed by atoms with van der Waals surface area (Å²) in [6.45, 7) is 6.62. The predicted molar refractivity (Wildman–Crippen MR) is 54.6 cm³/mol. The Morgan fingerprint density at radius 1 is 1.50 bits per heavy atom. The summed E-state index contributed by atoms with van der Waals surface area (Å²) >= 11 is 1.85. The van der Waals surface area contributed by atoms with Gasteiger partial charge in [0.25, 0.3) is 0 Å². The quantitative estimate of drug-likeness (QED) is 0.617. The number of aldehydes is 1. The van der Waals surface area contributed by atoms with Crippen molar-refractivity contribution in [1.82, 2.24) is 0 Å². The molecule has 0 bridgehead atoms. The second-order valence-corrected chi connectivity index (χ2v) is 6.38. The highest BCUT2D eigenvalue weighted by molar-refractivity contribution is 8.01. The Labute approximate surface area is 79.3 Å². The van der Waals surface area contributed by atoms with Crippen LogP contribution in [0.25, 0.3) is 0 Å². The maximum Gasteiger partial charge on any atom is 0.136 e. The lowest BCUT2D eigenvalue weighted by molar-refractivity contribution is -0.110. The molecule has 0 aromatic heterocycles. The van der Waals surface area contributed by atoms with Gasteiger partial charge in [-0.2, -0.15) is 0 Å². The highest BCUT2D eigenvalue weighted by Gasteiger charge is 2.37. The van der Waals surface area contributed by atoms with E-state index in [9.17, 15) is 4.79 Å². The van der Waals surface area contributed by atoms with Crippen molar-refractivity contribution in [2.45, 2.75) is 44.8 Å². The number of hydrogen-bond acceptors (Lipinski definition) is 2. The van der Waals surface area contributed by atoms with E-state index in [0.29, 0.717) is 0 Å². The Morgan fingerprint density at radius 2 is 2.17 bits per heavy atom. The van der Waals surface area contributed by atoms with Gasteiger partial charge in [0.05, 0.1) is 4.75 Å². The predicted octanol–water partition coefficient (Wildman–Crippen LogP) is 2.89. The number of carbonyl (C=O) groups excluding carboxylic acids is 1. The first-order valence-corrected chi connectivity index (χ1v) is 5.56. The van der Waals surface area contributed by atoms with Crippen LogP contribution in [0.3, 0.4) is 0 Å². The summed E-state index contributed by atoms with van der Waals surface area (Å²) in [5, 5.41) is 0. The second kappa shape index (κ2) is 3.41. The average molecular weight is 186 g/mol. The van der Waals surface area contributed by atoms with E-state index >= 15 is 0 Å². The molecule has 0 aliphatic carbocycles. The van der Waals surface area contributed by atoms with E-state index in [4.69, 9.17) is 0 Å². The molecule has 0 saturated carbocycles. The molecular formula is C10H18OS. The summed E-state index contributed by atoms with van der Waals surface area (Å²) in [5.74, 6) is 1.16. The molecule has 0 aromatic rings. The van der Waals surface area contributed by atoms with Gasteiger partial charge in [0.1, 0.15) is 6.29 Å². The monoisotopic (exact) mass is 186 g/mol. The molecule has 0 N–H and O–H groups in total. The van der Waals surface area contributed by atoms with Crippen LogP contribution in [0.5, 0.6) is 0 Å². The zero-order valence-corrected chi connectivity index (χ0v) is 9.04. The molecule has 0 radical (unpaired) electrons. The van der Waals surface area contributed by atoms with Crippen LogP contribution in [-0.2, 0) is 4.79 Å². The largest absolute Gasteiger partial charge is 0.302 e. The molecule has 1 nitrogen and oxygen atoms in total. The van der Waals surface area contributed by atoms with Crippen LogP contribution in [0.4, 0.5) is 0 Å². The SMILES string of the molecule is CC(C)(C)CC1(C=O)CCCS1. The summed E-state index contributed by atoms with van der Waals surface area (Å²) in [6.07, 6.45) is 4.49. The third-order valence-electron chi connectivity index (χ3n) is 2.18. The van der Waals surface area contributed by atoms with Crippen molar-refractivity contribution in [1.29, 1.82) is 0 Å². The number of hydrogen-bond donors (Lipinski definition) is 0. The summed E-state index contributed by atoms with van der Waals surface area (Å²) in [6, 6.07) is 0. The Bertz CT molecular complexity index is 163. The van der Waals surface area contributed by atoms with Crippen LogP contribution >= 0.6 is 11.8 Å². The fourth-order valence-corrected chi connectivity index (χ4v) is 3.48. The molecule has 1 aliphatic heterocycles. The van der Waals surface area contributed by atoms with Gasteiger partial charge >= 0.3 is 0 Å². The van der Waals surface area contributed by atoms with Gasteiger partial charge in [-0.15, -0.1) is 11.8 Å². The van der Waals surface area contributed by atoms with E-state index in [1.807, 2.05) is 11.8 Å². The Hall–Kier alpha value is 0.0200. The molecular weight excluding hydrogens is 168 g/mol. The summed E-state index contributed by atoms with van der Waals surface area (Å²) in [7, 11) is 0. The highest BCUT2D eigenvalue weighted by Crippen LogP contribution is 2.44. The molecule has 0 aromatic carbocycles. The minimum Gasteiger partial charge on any atom is -0.302 e. The fraction of sp³-hybridized carbons (Fsp3) is 0.900. The van der Waals surface area contributed by atoms with Crippen LogP contribution in [0, 0.1) is 5.41 Å². The third-order valence-corrected chi connectivity index (χ3v) is 3.69. The molecule has 1 aliphatic rings. The molecule has 70 valence electrons. The van der Waals surface area contributed by atoms with Gasteiger partial charge in [-0.25, -0.2) is 0 Å². The van der Waals surface area contributed by atoms with Crippen LogP contribution in [0.15, 0.2) is 0 Å². The topological polar surface area (TPSA) is 17.1 Å². The molecule has 0 spiro atoms. The van der Waals surface area contributed by atoms with Crippen molar-refractivity contribution < 1.29 is 4.79 Å². The first-order valence-electron chi connectivity index (χ1n) is 4.58. The third kappa shape index (κ3) is 2.51. The second-order valence-electron chi connectivity index (χ2n) is 4.87. The van der Waals surface area contributed by atoms with Crippen LogP contribution in [-0.4, -0.2) is 16.8 Å². The standard InChI is InChI=1S/C10H18OS/c1-9(2,3)7-10(8-11)5-4-6-12-10/h8H,4-7H2,1-3H3. The van der Waals surface area contributed by atoms with Gasteiger partial charge < -0.3 is 4.79 Å². The zero-order chi connectivity index (χ0) is 9.24. The van der Waals surface area contributed by atoms with Crippen molar-refractivity contribution in [3.63, 3.8) is 0 Å². The number of carbonyl (C=O) groups is 1. The van der Waals surface area contributed by atoms with E-state index in [2.05, 4.69) is 20.8 Å². The molecule has 12 heavy (non-hydrogen) atoms. The molecule has 2 heteroatoms. The molecule has 1 fully saturated rings. The number of thioether (sulfide) groups is 1. The molecule has 1 saturated heterocycles. The lowest BCUT2D eigenvalue weighted by atomic mass is 9.83. The van der Waals surface area contributed by atoms with Gasteiger partial charge in [-0.05, 0) is 30.4 Å². The minimum absolute atomic E-state index is 0.0434. The van der Waals surface area contributed by atoms with Crippen LogP contribution < -0.4 is 0 Å². The number of rotatable bonds is 2. The first kappa shape index (κ1) is 10.1. The Kier molecular flexibility index (Phi) is 2.87. The Morgan fingerprint density at radius 3 is 2.50 bits per heavy atom. The molecule has 1 unspecified atom stereocenters. The van der Waals surface area contributed by atoms with E-state index in [-0.39, 0.29) is 10.2 Å². The van der Waals surface area contributed by atoms with Crippen molar-refractivity contribution in [3.8, 4) is 0 Å². The zero-order valence-electron chi connectivity index (χ0n) is 8.22. The van der Waals surface area contributed by atoms with E-state index in [1.165, 1.54) is 12.7 Å². The molecule has 1 atom stereocenters. The van der Waals surface area contributed by atoms with E-state index < -0.39 is 0 Å². The molecule has 1 heterocycles. The van der Waals surface area contributed by atoms with E-state index in [1.54, 1.807) is 0 Å². The van der Waals surface area contributed by atoms with Crippen molar-refractivity contribution >= 4 is 18.0 Å². The van der Waals surface area contributed by atoms with Crippen LogP contribution in [0.1, 0.15) is 40.0 Å². The van der Waals surface area contributed by atoms with Crippen molar-refractivity contribution in [2.75, 3.05) is 5.75 Å². The summed E-state index contributed by atoms with van der Waals surface area (Å²) < 4.78 is -0.0434.